The van der Waals surface area contributed by atoms with Crippen LogP contribution in [0, 0.1) is 0 Å². The molecule has 1 atom stereocenters. The van der Waals surface area contributed by atoms with Gasteiger partial charge in [-0.25, -0.2) is 0 Å². The molecule has 1 N–H and O–H groups in total. The van der Waals surface area contributed by atoms with E-state index in [1.807, 2.05) is 30.1 Å². The second-order valence-corrected chi connectivity index (χ2v) is 6.22. The highest BCUT2D eigenvalue weighted by molar-refractivity contribution is 8.14. The van der Waals surface area contributed by atoms with Gasteiger partial charge in [0.2, 0.25) is 0 Å². The Bertz CT molecular complexity index is 759. The van der Waals surface area contributed by atoms with Gasteiger partial charge in [-0.05, 0) is 30.2 Å². The maximum Gasteiger partial charge on any atom is 0.114 e. The molecule has 0 radical (unpaired) electrons. The molecule has 4 rings (SSSR count). The topological polar surface area (TPSA) is 41.0 Å². The number of pyridine rings is 1. The Kier molecular flexibility index (Phi) is 3.24. The number of aromatic amines is 1. The summed E-state index contributed by atoms with van der Waals surface area (Å²) < 4.78 is 0. The van der Waals surface area contributed by atoms with Gasteiger partial charge in [-0.3, -0.25) is 9.98 Å². The van der Waals surface area contributed by atoms with E-state index in [1.54, 1.807) is 0 Å². The molecule has 3 nitrogen and oxygen atoms in total. The highest BCUT2D eigenvalue weighted by atomic mass is 32.2. The largest absolute Gasteiger partial charge is 0.352 e. The van der Waals surface area contributed by atoms with E-state index in [4.69, 9.17) is 4.99 Å². The van der Waals surface area contributed by atoms with Crippen LogP contribution in [0.1, 0.15) is 11.3 Å². The Morgan fingerprint density at radius 2 is 2.05 bits per heavy atom. The first-order valence-electron chi connectivity index (χ1n) is 7.07. The van der Waals surface area contributed by atoms with Gasteiger partial charge >= 0.3 is 0 Å². The number of benzene rings is 1. The number of H-pyrrole nitrogens is 1. The number of thioether (sulfide) groups is 1. The van der Waals surface area contributed by atoms with Crippen LogP contribution in [0.25, 0.3) is 11.0 Å². The van der Waals surface area contributed by atoms with Crippen molar-refractivity contribution in [2.75, 3.05) is 5.75 Å². The Morgan fingerprint density at radius 3 is 2.90 bits per heavy atom. The van der Waals surface area contributed by atoms with Crippen LogP contribution in [0.15, 0.2) is 59.7 Å². The molecule has 0 saturated carbocycles. The summed E-state index contributed by atoms with van der Waals surface area (Å²) in [5.74, 6) is 1.05. The second kappa shape index (κ2) is 5.37. The summed E-state index contributed by atoms with van der Waals surface area (Å²) in [4.78, 5) is 12.6. The summed E-state index contributed by atoms with van der Waals surface area (Å²) in [5, 5.41) is 1.11. The molecule has 0 bridgehead atoms. The first kappa shape index (κ1) is 12.7. The van der Waals surface area contributed by atoms with Crippen molar-refractivity contribution in [1.29, 1.82) is 0 Å². The second-order valence-electron chi connectivity index (χ2n) is 5.21. The van der Waals surface area contributed by atoms with E-state index in [0.717, 1.165) is 33.9 Å². The van der Waals surface area contributed by atoms with Gasteiger partial charge in [0.15, 0.2) is 0 Å². The number of rotatable bonds is 3. The molecule has 4 heteroatoms. The molecule has 3 aromatic rings. The third-order valence-electron chi connectivity index (χ3n) is 3.65. The number of hydrogen-bond acceptors (Lipinski definition) is 3. The summed E-state index contributed by atoms with van der Waals surface area (Å²) >= 11 is 1.83. The lowest BCUT2D eigenvalue weighted by Crippen LogP contribution is -2.07. The zero-order valence-electron chi connectivity index (χ0n) is 11.5. The monoisotopic (exact) mass is 293 g/mol. The number of nitrogens with zero attached hydrogens (tertiary/aromatic N) is 2. The van der Waals surface area contributed by atoms with E-state index in [2.05, 4.69) is 46.4 Å². The van der Waals surface area contributed by atoms with Crippen molar-refractivity contribution in [2.45, 2.75) is 12.5 Å². The first-order valence-corrected chi connectivity index (χ1v) is 8.06. The fourth-order valence-electron chi connectivity index (χ4n) is 2.62. The molecule has 1 aromatic carbocycles. The molecule has 3 heterocycles. The SMILES string of the molecule is c1ccc(CC2CSC(c3cc4ncccc4[nH]3)=N2)cc1. The minimum atomic E-state index is 0.367. The Labute approximate surface area is 127 Å². The quantitative estimate of drug-likeness (QED) is 0.800. The number of hydrogen-bond donors (Lipinski definition) is 1. The summed E-state index contributed by atoms with van der Waals surface area (Å²) in [7, 11) is 0. The van der Waals surface area contributed by atoms with Crippen molar-refractivity contribution >= 4 is 27.8 Å². The molecule has 1 aliphatic heterocycles. The lowest BCUT2D eigenvalue weighted by atomic mass is 10.1. The van der Waals surface area contributed by atoms with E-state index in [9.17, 15) is 0 Å². The van der Waals surface area contributed by atoms with Crippen LogP contribution in [0.3, 0.4) is 0 Å². The van der Waals surface area contributed by atoms with Crippen LogP contribution in [0.2, 0.25) is 0 Å². The van der Waals surface area contributed by atoms with Crippen LogP contribution in [-0.4, -0.2) is 26.8 Å². The zero-order valence-corrected chi connectivity index (χ0v) is 12.3. The van der Waals surface area contributed by atoms with Gasteiger partial charge in [-0.1, -0.05) is 30.3 Å². The Hall–Kier alpha value is -2.07. The summed E-state index contributed by atoms with van der Waals surface area (Å²) in [6, 6.07) is 17.0. The van der Waals surface area contributed by atoms with Crippen molar-refractivity contribution in [1.82, 2.24) is 9.97 Å². The van der Waals surface area contributed by atoms with Crippen molar-refractivity contribution in [3.63, 3.8) is 0 Å². The van der Waals surface area contributed by atoms with E-state index < -0.39 is 0 Å². The van der Waals surface area contributed by atoms with Gasteiger partial charge < -0.3 is 4.98 Å². The van der Waals surface area contributed by atoms with Gasteiger partial charge in [-0.15, -0.1) is 11.8 Å². The van der Waals surface area contributed by atoms with Crippen molar-refractivity contribution in [3.8, 4) is 0 Å². The van der Waals surface area contributed by atoms with Gasteiger partial charge in [0.25, 0.3) is 0 Å². The van der Waals surface area contributed by atoms with Crippen molar-refractivity contribution < 1.29 is 0 Å². The molecule has 0 spiro atoms. The first-order chi connectivity index (χ1) is 10.4. The minimum absolute atomic E-state index is 0.367. The van der Waals surface area contributed by atoms with Crippen LogP contribution in [0.5, 0.6) is 0 Å². The lowest BCUT2D eigenvalue weighted by molar-refractivity contribution is 0.762. The number of aromatic nitrogens is 2. The molecule has 21 heavy (non-hydrogen) atoms. The third-order valence-corrected chi connectivity index (χ3v) is 4.80. The van der Waals surface area contributed by atoms with E-state index >= 15 is 0 Å². The van der Waals surface area contributed by atoms with Gasteiger partial charge in [0.1, 0.15) is 5.04 Å². The third kappa shape index (κ3) is 2.59. The minimum Gasteiger partial charge on any atom is -0.352 e. The van der Waals surface area contributed by atoms with Crippen LogP contribution >= 0.6 is 11.8 Å². The highest BCUT2D eigenvalue weighted by Gasteiger charge is 2.21. The summed E-state index contributed by atoms with van der Waals surface area (Å²) in [5.41, 5.74) is 4.51. The molecule has 1 aliphatic rings. The average molecular weight is 293 g/mol. The smallest absolute Gasteiger partial charge is 0.114 e. The number of aliphatic imine (C=N–C) groups is 1. The standard InChI is InChI=1S/C17H15N3S/c1-2-5-12(6-3-1)9-13-11-21-17(19-13)16-10-15-14(20-16)7-4-8-18-15/h1-8,10,13,20H,9,11H2. The van der Waals surface area contributed by atoms with Crippen molar-refractivity contribution in [2.24, 2.45) is 4.99 Å². The zero-order chi connectivity index (χ0) is 14.1. The average Bonchev–Trinajstić information content (AvgIpc) is 3.14. The normalized spacial score (nSPS) is 18.1. The van der Waals surface area contributed by atoms with Gasteiger partial charge in [-0.2, -0.15) is 0 Å². The van der Waals surface area contributed by atoms with E-state index in [0.29, 0.717) is 6.04 Å². The molecule has 0 fully saturated rings. The summed E-state index contributed by atoms with van der Waals surface area (Å²) in [6.07, 6.45) is 2.83. The fourth-order valence-corrected chi connectivity index (χ4v) is 3.66. The predicted octanol–water partition coefficient (Wildman–Crippen LogP) is 3.67. The van der Waals surface area contributed by atoms with Gasteiger partial charge in [0.05, 0.1) is 22.8 Å². The molecule has 0 amide bonds. The maximum atomic E-state index is 4.87. The maximum absolute atomic E-state index is 4.87. The predicted molar refractivity (Wildman–Crippen MR) is 89.0 cm³/mol. The molecule has 104 valence electrons. The molecular formula is C17H15N3S. The number of nitrogens with one attached hydrogen (secondary N) is 1. The van der Waals surface area contributed by atoms with Crippen LogP contribution in [0.4, 0.5) is 0 Å². The van der Waals surface area contributed by atoms with E-state index in [1.165, 1.54) is 5.56 Å². The van der Waals surface area contributed by atoms with E-state index in [-0.39, 0.29) is 0 Å². The van der Waals surface area contributed by atoms with Crippen LogP contribution in [-0.2, 0) is 6.42 Å². The van der Waals surface area contributed by atoms with Crippen LogP contribution < -0.4 is 0 Å². The molecular weight excluding hydrogens is 278 g/mol. The summed E-state index contributed by atoms with van der Waals surface area (Å²) in [6.45, 7) is 0. The highest BCUT2D eigenvalue weighted by Crippen LogP contribution is 2.26. The molecule has 1 unspecified atom stereocenters. The molecule has 2 aromatic heterocycles. The van der Waals surface area contributed by atoms with Gasteiger partial charge in [0, 0.05) is 11.9 Å². The molecule has 0 aliphatic carbocycles. The molecule has 0 saturated heterocycles. The fraction of sp³-hybridized carbons (Fsp3) is 0.176. The Balaban J connectivity index is 1.57. The lowest BCUT2D eigenvalue weighted by Gasteiger charge is -2.04. The number of fused-ring (bicyclic) bond motifs is 1. The van der Waals surface area contributed by atoms with Crippen molar-refractivity contribution in [3.05, 3.63) is 66.0 Å². The Morgan fingerprint density at radius 1 is 1.14 bits per heavy atom.